The predicted molar refractivity (Wildman–Crippen MR) is 116 cm³/mol. The highest BCUT2D eigenvalue weighted by atomic mass is 19.1. The van der Waals surface area contributed by atoms with Crippen LogP contribution in [0.25, 0.3) is 17.0 Å². The normalized spacial score (nSPS) is 12.2. The lowest BCUT2D eigenvalue weighted by molar-refractivity contribution is 0.234. The first-order valence-corrected chi connectivity index (χ1v) is 10.2. The van der Waals surface area contributed by atoms with Gasteiger partial charge in [0.1, 0.15) is 11.2 Å². The Bertz CT molecular complexity index is 1150. The maximum absolute atomic E-state index is 14.3. The van der Waals surface area contributed by atoms with Crippen LogP contribution in [0.3, 0.4) is 0 Å². The standard InChI is InChI=1S/C22H24FN7O/c1-2-5-16(14-31)26-12-15-8-11-30-20(15)22(27-18-7-10-24-13-17(18)23)28-21(29-30)19-6-3-4-9-25-19/h3-4,6-11,13,16,26,31H,2,5,12,14H2,1H3,(H,24,27,28,29). The van der Waals surface area contributed by atoms with E-state index in [1.807, 2.05) is 30.5 Å². The molecule has 4 rings (SSSR count). The number of hydrogen-bond acceptors (Lipinski definition) is 7. The highest BCUT2D eigenvalue weighted by molar-refractivity contribution is 5.78. The van der Waals surface area contributed by atoms with Gasteiger partial charge in [0.15, 0.2) is 11.6 Å². The lowest BCUT2D eigenvalue weighted by Crippen LogP contribution is -2.31. The van der Waals surface area contributed by atoms with Crippen LogP contribution in [-0.2, 0) is 6.54 Å². The summed E-state index contributed by atoms with van der Waals surface area (Å²) in [5.41, 5.74) is 2.52. The minimum absolute atomic E-state index is 0.00251. The second kappa shape index (κ2) is 9.59. The minimum atomic E-state index is -0.479. The van der Waals surface area contributed by atoms with Crippen molar-refractivity contribution in [3.05, 3.63) is 66.5 Å². The molecule has 0 bridgehead atoms. The first-order chi connectivity index (χ1) is 15.2. The van der Waals surface area contributed by atoms with Gasteiger partial charge < -0.3 is 15.7 Å². The topological polar surface area (TPSA) is 100 Å². The molecule has 1 atom stereocenters. The number of nitrogens with one attached hydrogen (secondary N) is 2. The van der Waals surface area contributed by atoms with Crippen molar-refractivity contribution < 1.29 is 9.50 Å². The molecule has 0 aliphatic carbocycles. The molecular weight excluding hydrogens is 397 g/mol. The van der Waals surface area contributed by atoms with Crippen molar-refractivity contribution in [1.82, 2.24) is 29.9 Å². The third-order valence-electron chi connectivity index (χ3n) is 4.95. The molecule has 4 heterocycles. The number of hydrogen-bond donors (Lipinski definition) is 3. The molecule has 31 heavy (non-hydrogen) atoms. The molecule has 0 radical (unpaired) electrons. The smallest absolute Gasteiger partial charge is 0.200 e. The summed E-state index contributed by atoms with van der Waals surface area (Å²) in [6.07, 6.45) is 8.02. The monoisotopic (exact) mass is 421 g/mol. The predicted octanol–water partition coefficient (Wildman–Crippen LogP) is 3.32. The number of nitrogens with zero attached hydrogens (tertiary/aromatic N) is 5. The maximum atomic E-state index is 14.3. The Balaban J connectivity index is 1.76. The molecule has 0 spiro atoms. The molecule has 9 heteroatoms. The minimum Gasteiger partial charge on any atom is -0.395 e. The van der Waals surface area contributed by atoms with Crippen LogP contribution in [0.1, 0.15) is 25.3 Å². The molecule has 8 nitrogen and oxygen atoms in total. The molecule has 4 aromatic rings. The van der Waals surface area contributed by atoms with Gasteiger partial charge in [-0.3, -0.25) is 9.97 Å². The van der Waals surface area contributed by atoms with Crippen LogP contribution in [0.2, 0.25) is 0 Å². The molecule has 0 aromatic carbocycles. The van der Waals surface area contributed by atoms with Gasteiger partial charge >= 0.3 is 0 Å². The van der Waals surface area contributed by atoms with Crippen LogP contribution in [0.15, 0.2) is 55.1 Å². The van der Waals surface area contributed by atoms with Gasteiger partial charge in [-0.2, -0.15) is 0 Å². The molecule has 0 saturated heterocycles. The number of aromatic nitrogens is 5. The van der Waals surface area contributed by atoms with E-state index in [1.165, 1.54) is 6.20 Å². The lowest BCUT2D eigenvalue weighted by Gasteiger charge is -2.16. The van der Waals surface area contributed by atoms with Gasteiger partial charge in [-0.25, -0.2) is 13.9 Å². The van der Waals surface area contributed by atoms with Crippen LogP contribution in [0.4, 0.5) is 15.9 Å². The summed E-state index contributed by atoms with van der Waals surface area (Å²) in [5.74, 6) is 0.395. The summed E-state index contributed by atoms with van der Waals surface area (Å²) in [4.78, 5) is 12.8. The van der Waals surface area contributed by atoms with Crippen molar-refractivity contribution in [3.8, 4) is 11.5 Å². The third kappa shape index (κ3) is 4.68. The van der Waals surface area contributed by atoms with E-state index in [1.54, 1.807) is 16.8 Å². The van der Waals surface area contributed by atoms with Crippen molar-refractivity contribution >= 4 is 17.0 Å². The summed E-state index contributed by atoms with van der Waals surface area (Å²) in [5, 5.41) is 20.6. The van der Waals surface area contributed by atoms with Gasteiger partial charge in [0.25, 0.3) is 0 Å². The van der Waals surface area contributed by atoms with Gasteiger partial charge in [-0.1, -0.05) is 19.4 Å². The molecule has 0 aliphatic heterocycles. The van der Waals surface area contributed by atoms with Gasteiger partial charge in [0, 0.05) is 31.2 Å². The fourth-order valence-corrected chi connectivity index (χ4v) is 3.39. The molecular formula is C22H24FN7O. The van der Waals surface area contributed by atoms with Gasteiger partial charge in [0.05, 0.1) is 18.5 Å². The maximum Gasteiger partial charge on any atom is 0.200 e. The Kier molecular flexibility index (Phi) is 6.44. The average Bonchev–Trinajstić information content (AvgIpc) is 3.22. The number of anilines is 2. The Labute approximate surface area is 179 Å². The fourth-order valence-electron chi connectivity index (χ4n) is 3.39. The summed E-state index contributed by atoms with van der Waals surface area (Å²) < 4.78 is 16.0. The number of fused-ring (bicyclic) bond motifs is 1. The van der Waals surface area contributed by atoms with Crippen LogP contribution >= 0.6 is 0 Å². The first-order valence-electron chi connectivity index (χ1n) is 10.2. The zero-order valence-corrected chi connectivity index (χ0v) is 17.2. The Morgan fingerprint density at radius 1 is 1.19 bits per heavy atom. The van der Waals surface area contributed by atoms with E-state index in [0.717, 1.165) is 30.1 Å². The SMILES string of the molecule is CCCC(CO)NCc1ccn2nc(-c3ccccn3)nc(Nc3ccncc3F)c12. The average molecular weight is 421 g/mol. The van der Waals surface area contributed by atoms with E-state index in [4.69, 9.17) is 0 Å². The molecule has 0 amide bonds. The molecule has 3 N–H and O–H groups in total. The Morgan fingerprint density at radius 2 is 2.10 bits per heavy atom. The highest BCUT2D eigenvalue weighted by Crippen LogP contribution is 2.27. The zero-order valence-electron chi connectivity index (χ0n) is 17.2. The summed E-state index contributed by atoms with van der Waals surface area (Å²) in [7, 11) is 0. The molecule has 160 valence electrons. The Hall–Kier alpha value is -3.43. The first kappa shape index (κ1) is 20.8. The van der Waals surface area contributed by atoms with E-state index < -0.39 is 5.82 Å². The summed E-state index contributed by atoms with van der Waals surface area (Å²) in [6.45, 7) is 2.66. The molecule has 0 aliphatic rings. The number of aliphatic hydroxyl groups is 1. The van der Waals surface area contributed by atoms with Crippen LogP contribution in [-0.4, -0.2) is 42.3 Å². The summed E-state index contributed by atoms with van der Waals surface area (Å²) in [6, 6.07) is 9.00. The quantitative estimate of drug-likeness (QED) is 0.381. The van der Waals surface area contributed by atoms with E-state index in [9.17, 15) is 9.50 Å². The Morgan fingerprint density at radius 3 is 2.84 bits per heavy atom. The van der Waals surface area contributed by atoms with E-state index in [2.05, 4.69) is 37.6 Å². The van der Waals surface area contributed by atoms with E-state index in [-0.39, 0.29) is 18.3 Å². The van der Waals surface area contributed by atoms with Crippen molar-refractivity contribution in [2.75, 3.05) is 11.9 Å². The van der Waals surface area contributed by atoms with Crippen molar-refractivity contribution in [3.63, 3.8) is 0 Å². The fraction of sp³-hybridized carbons (Fsp3) is 0.273. The van der Waals surface area contributed by atoms with E-state index >= 15 is 0 Å². The third-order valence-corrected chi connectivity index (χ3v) is 4.95. The van der Waals surface area contributed by atoms with Gasteiger partial charge in [-0.15, -0.1) is 5.10 Å². The second-order valence-corrected chi connectivity index (χ2v) is 7.16. The summed E-state index contributed by atoms with van der Waals surface area (Å²) >= 11 is 0. The number of pyridine rings is 2. The van der Waals surface area contributed by atoms with Crippen molar-refractivity contribution in [2.24, 2.45) is 0 Å². The highest BCUT2D eigenvalue weighted by Gasteiger charge is 2.17. The van der Waals surface area contributed by atoms with Crippen LogP contribution in [0, 0.1) is 5.82 Å². The molecule has 1 unspecified atom stereocenters. The molecule has 0 fully saturated rings. The van der Waals surface area contributed by atoms with Gasteiger partial charge in [-0.05, 0) is 36.2 Å². The molecule has 0 saturated carbocycles. The number of aliphatic hydroxyl groups excluding tert-OH is 1. The zero-order chi connectivity index (χ0) is 21.6. The van der Waals surface area contributed by atoms with Crippen molar-refractivity contribution in [2.45, 2.75) is 32.4 Å². The van der Waals surface area contributed by atoms with Crippen LogP contribution in [0.5, 0.6) is 0 Å². The van der Waals surface area contributed by atoms with Crippen LogP contribution < -0.4 is 10.6 Å². The van der Waals surface area contributed by atoms with Crippen molar-refractivity contribution in [1.29, 1.82) is 0 Å². The number of halogens is 1. The lowest BCUT2D eigenvalue weighted by atomic mass is 10.1. The number of rotatable bonds is 9. The van der Waals surface area contributed by atoms with E-state index in [0.29, 0.717) is 23.9 Å². The largest absolute Gasteiger partial charge is 0.395 e. The van der Waals surface area contributed by atoms with Gasteiger partial charge in [0.2, 0.25) is 5.82 Å². The second-order valence-electron chi connectivity index (χ2n) is 7.16. The molecule has 4 aromatic heterocycles.